The van der Waals surface area contributed by atoms with Gasteiger partial charge in [0.15, 0.2) is 5.65 Å². The molecule has 1 fully saturated rings. The zero-order chi connectivity index (χ0) is 27.2. The van der Waals surface area contributed by atoms with E-state index in [1.165, 1.54) is 28.5 Å². The molecule has 2 aromatic heterocycles. The van der Waals surface area contributed by atoms with Crippen LogP contribution in [0.4, 0.5) is 5.69 Å². The number of aromatic nitrogens is 4. The maximum absolute atomic E-state index is 13.7. The monoisotopic (exact) mass is 548 g/mol. The van der Waals surface area contributed by atoms with Crippen LogP contribution in [0.15, 0.2) is 78.0 Å². The minimum Gasteiger partial charge on any atom is -0.323 e. The topological polar surface area (TPSA) is 67.2 Å². The molecule has 40 heavy (non-hydrogen) atoms. The number of rotatable bonds is 6. The van der Waals surface area contributed by atoms with E-state index in [1.54, 1.807) is 0 Å². The standard InChI is InChI=1S/C32H32N6OS/c1-21-12-13-27-24(18-21)25-19-36(2)16-15-28(25)38(27)29(39)20-40-32-33-31-30(34-35-32)23-10-6-7-11-26(23)37(31)17-14-22-8-4-3-5-9-22/h3-13,18,25,28H,14-17,19-20H2,1-2H3/t25-,28+/m1/s1. The predicted octanol–water partition coefficient (Wildman–Crippen LogP) is 5.46. The van der Waals surface area contributed by atoms with Crippen molar-refractivity contribution >= 4 is 45.4 Å². The Bertz CT molecular complexity index is 1720. The maximum atomic E-state index is 13.7. The lowest BCUT2D eigenvalue weighted by molar-refractivity contribution is -0.116. The fraction of sp³-hybridized carbons (Fsp3) is 0.312. The average molecular weight is 549 g/mol. The highest BCUT2D eigenvalue weighted by atomic mass is 32.2. The van der Waals surface area contributed by atoms with Crippen molar-refractivity contribution in [2.45, 2.75) is 43.4 Å². The van der Waals surface area contributed by atoms with Crippen LogP contribution in [0.5, 0.6) is 0 Å². The number of piperidine rings is 1. The van der Waals surface area contributed by atoms with Crippen LogP contribution in [0, 0.1) is 6.92 Å². The number of fused-ring (bicyclic) bond motifs is 6. The van der Waals surface area contributed by atoms with Gasteiger partial charge >= 0.3 is 0 Å². The number of likely N-dealkylation sites (tertiary alicyclic amines) is 1. The molecule has 0 spiro atoms. The molecule has 8 heteroatoms. The second-order valence-corrected chi connectivity index (χ2v) is 12.0. The lowest BCUT2D eigenvalue weighted by Gasteiger charge is -2.36. The molecule has 7 rings (SSSR count). The summed E-state index contributed by atoms with van der Waals surface area (Å²) in [5.41, 5.74) is 7.62. The molecule has 4 heterocycles. The largest absolute Gasteiger partial charge is 0.323 e. The van der Waals surface area contributed by atoms with E-state index in [0.29, 0.717) is 11.1 Å². The fourth-order valence-electron chi connectivity index (χ4n) is 6.46. The molecule has 0 aliphatic carbocycles. The van der Waals surface area contributed by atoms with Gasteiger partial charge in [0.1, 0.15) is 5.52 Å². The average Bonchev–Trinajstić information content (AvgIpc) is 3.47. The molecular weight excluding hydrogens is 516 g/mol. The number of benzene rings is 3. The first-order valence-corrected chi connectivity index (χ1v) is 14.9. The van der Waals surface area contributed by atoms with Crippen LogP contribution in [0.1, 0.15) is 29.0 Å². The molecule has 2 aliphatic heterocycles. The Balaban J connectivity index is 1.16. The summed E-state index contributed by atoms with van der Waals surface area (Å²) in [6.07, 6.45) is 1.88. The van der Waals surface area contributed by atoms with E-state index >= 15 is 0 Å². The molecule has 202 valence electrons. The molecule has 1 amide bonds. The van der Waals surface area contributed by atoms with Crippen LogP contribution in [-0.4, -0.2) is 62.5 Å². The third kappa shape index (κ3) is 4.45. The van der Waals surface area contributed by atoms with Crippen molar-refractivity contribution in [3.8, 4) is 0 Å². The number of hydrogen-bond acceptors (Lipinski definition) is 6. The lowest BCUT2D eigenvalue weighted by atomic mass is 9.89. The number of carbonyl (C=O) groups is 1. The van der Waals surface area contributed by atoms with Gasteiger partial charge in [0.25, 0.3) is 0 Å². The molecule has 0 radical (unpaired) electrons. The van der Waals surface area contributed by atoms with Gasteiger partial charge in [0, 0.05) is 36.1 Å². The SMILES string of the molecule is Cc1ccc2c(c1)[C@H]1CN(C)CC[C@@H]1N2C(=O)CSc1nnc2c3ccccc3n(CCc3ccccc3)c2n1. The number of nitrogens with zero attached hydrogens (tertiary/aromatic N) is 6. The maximum Gasteiger partial charge on any atom is 0.237 e. The molecule has 5 aromatic rings. The van der Waals surface area contributed by atoms with Crippen LogP contribution < -0.4 is 4.90 Å². The van der Waals surface area contributed by atoms with Crippen LogP contribution in [0.3, 0.4) is 0 Å². The second-order valence-electron chi connectivity index (χ2n) is 11.0. The Hall–Kier alpha value is -3.75. The van der Waals surface area contributed by atoms with Crippen molar-refractivity contribution in [2.75, 3.05) is 30.8 Å². The van der Waals surface area contributed by atoms with Crippen LogP contribution >= 0.6 is 11.8 Å². The van der Waals surface area contributed by atoms with Crippen LogP contribution in [0.25, 0.3) is 22.1 Å². The minimum absolute atomic E-state index is 0.112. The molecule has 2 atom stereocenters. The highest BCUT2D eigenvalue weighted by molar-refractivity contribution is 7.99. The van der Waals surface area contributed by atoms with Gasteiger partial charge in [-0.1, -0.05) is 78.0 Å². The van der Waals surface area contributed by atoms with E-state index in [9.17, 15) is 4.79 Å². The fourth-order valence-corrected chi connectivity index (χ4v) is 7.10. The van der Waals surface area contributed by atoms with Crippen molar-refractivity contribution in [1.82, 2.24) is 24.6 Å². The molecule has 3 aromatic carbocycles. The number of aryl methyl sites for hydroxylation is 3. The molecule has 2 aliphatic rings. The van der Waals surface area contributed by atoms with Crippen molar-refractivity contribution in [3.63, 3.8) is 0 Å². The summed E-state index contributed by atoms with van der Waals surface area (Å²) < 4.78 is 2.24. The first-order chi connectivity index (χ1) is 19.6. The smallest absolute Gasteiger partial charge is 0.237 e. The van der Waals surface area contributed by atoms with Crippen molar-refractivity contribution < 1.29 is 4.79 Å². The molecule has 0 bridgehead atoms. The van der Waals surface area contributed by atoms with Gasteiger partial charge in [-0.15, -0.1) is 10.2 Å². The van der Waals surface area contributed by atoms with E-state index in [0.717, 1.165) is 60.2 Å². The number of carbonyl (C=O) groups excluding carboxylic acids is 1. The molecule has 0 saturated carbocycles. The Morgan fingerprint density at radius 1 is 1.02 bits per heavy atom. The summed E-state index contributed by atoms with van der Waals surface area (Å²) in [4.78, 5) is 23.1. The molecule has 0 unspecified atom stereocenters. The van der Waals surface area contributed by atoms with Gasteiger partial charge in [-0.25, -0.2) is 4.98 Å². The van der Waals surface area contributed by atoms with E-state index in [4.69, 9.17) is 4.98 Å². The number of amides is 1. The number of anilines is 1. The summed E-state index contributed by atoms with van der Waals surface area (Å²) >= 11 is 1.38. The van der Waals surface area contributed by atoms with Gasteiger partial charge in [-0.2, -0.15) is 0 Å². The number of para-hydroxylation sites is 1. The minimum atomic E-state index is 0.112. The quantitative estimate of drug-likeness (QED) is 0.263. The first kappa shape index (κ1) is 25.2. The van der Waals surface area contributed by atoms with E-state index in [-0.39, 0.29) is 17.7 Å². The Morgan fingerprint density at radius 3 is 2.73 bits per heavy atom. The Kier molecular flexibility index (Phi) is 6.52. The van der Waals surface area contributed by atoms with E-state index in [2.05, 4.69) is 93.1 Å². The van der Waals surface area contributed by atoms with Gasteiger partial charge in [0.2, 0.25) is 11.1 Å². The zero-order valence-electron chi connectivity index (χ0n) is 22.8. The number of thioether (sulfide) groups is 1. The number of likely N-dealkylation sites (N-methyl/N-ethyl adjacent to an activating group) is 1. The summed E-state index contributed by atoms with van der Waals surface area (Å²) in [7, 11) is 2.17. The van der Waals surface area contributed by atoms with E-state index in [1.807, 2.05) is 18.2 Å². The second kappa shape index (κ2) is 10.3. The third-order valence-electron chi connectivity index (χ3n) is 8.37. The third-order valence-corrected chi connectivity index (χ3v) is 9.19. The van der Waals surface area contributed by atoms with Gasteiger partial charge in [0.05, 0.1) is 11.3 Å². The summed E-state index contributed by atoms with van der Waals surface area (Å²) in [6.45, 7) is 4.90. The predicted molar refractivity (Wildman–Crippen MR) is 161 cm³/mol. The Morgan fingerprint density at radius 2 is 1.85 bits per heavy atom. The molecule has 0 N–H and O–H groups in total. The highest BCUT2D eigenvalue weighted by Crippen LogP contribution is 2.45. The normalized spacial score (nSPS) is 18.8. The summed E-state index contributed by atoms with van der Waals surface area (Å²) in [5, 5.41) is 10.6. The van der Waals surface area contributed by atoms with Crippen LogP contribution in [0.2, 0.25) is 0 Å². The summed E-state index contributed by atoms with van der Waals surface area (Å²) in [6, 6.07) is 25.5. The van der Waals surface area contributed by atoms with Crippen molar-refractivity contribution in [3.05, 3.63) is 89.5 Å². The zero-order valence-corrected chi connectivity index (χ0v) is 23.6. The Labute approximate surface area is 238 Å². The number of hydrogen-bond donors (Lipinski definition) is 0. The van der Waals surface area contributed by atoms with Gasteiger partial charge in [-0.3, -0.25) is 4.79 Å². The summed E-state index contributed by atoms with van der Waals surface area (Å²) in [5.74, 6) is 0.752. The van der Waals surface area contributed by atoms with Crippen LogP contribution in [-0.2, 0) is 17.8 Å². The lowest BCUT2D eigenvalue weighted by Crippen LogP contribution is -2.47. The van der Waals surface area contributed by atoms with Crippen molar-refractivity contribution in [1.29, 1.82) is 0 Å². The first-order valence-electron chi connectivity index (χ1n) is 14.0. The van der Waals surface area contributed by atoms with E-state index < -0.39 is 0 Å². The van der Waals surface area contributed by atoms with Gasteiger partial charge < -0.3 is 14.4 Å². The molecular formula is C32H32N6OS. The highest BCUT2D eigenvalue weighted by Gasteiger charge is 2.43. The molecule has 1 saturated heterocycles. The molecule has 7 nitrogen and oxygen atoms in total. The van der Waals surface area contributed by atoms with Gasteiger partial charge in [-0.05, 0) is 56.6 Å². The van der Waals surface area contributed by atoms with Crippen molar-refractivity contribution in [2.24, 2.45) is 0 Å².